The Hall–Kier alpha value is 0.114. The summed E-state index contributed by atoms with van der Waals surface area (Å²) in [6, 6.07) is 0. The van der Waals surface area contributed by atoms with Crippen molar-refractivity contribution in [1.82, 2.24) is 0 Å². The Kier molecular flexibility index (Phi) is 3.73. The highest BCUT2D eigenvalue weighted by Gasteiger charge is 2.45. The molecule has 0 heterocycles. The van der Waals surface area contributed by atoms with Crippen LogP contribution in [0.1, 0.15) is 13.8 Å². The molecule has 8 nitrogen and oxygen atoms in total. The molecule has 0 saturated carbocycles. The van der Waals surface area contributed by atoms with E-state index in [1.165, 1.54) is 0 Å². The molecule has 0 saturated heterocycles. The smallest absolute Gasteiger partial charge is 0.368 e. The van der Waals surface area contributed by atoms with E-state index < -0.39 is 23.9 Å². The van der Waals surface area contributed by atoms with Crippen LogP contribution in [0.4, 0.5) is 0 Å². The summed E-state index contributed by atoms with van der Waals surface area (Å²) in [4.78, 5) is 50.8. The highest BCUT2D eigenvalue weighted by molar-refractivity contribution is 6.50. The summed E-state index contributed by atoms with van der Waals surface area (Å²) in [5.74, 6) is -1.91. The molecule has 0 aromatic carbocycles. The van der Waals surface area contributed by atoms with Crippen molar-refractivity contribution in [1.29, 1.82) is 0 Å². The van der Waals surface area contributed by atoms with Gasteiger partial charge in [-0.3, -0.25) is 0 Å². The molecule has 13 heavy (non-hydrogen) atoms. The van der Waals surface area contributed by atoms with E-state index in [0.29, 0.717) is 0 Å². The first kappa shape index (κ1) is 13.1. The van der Waals surface area contributed by atoms with Gasteiger partial charge in [-0.25, -0.2) is 0 Å². The number of hydrogen-bond donors (Lipinski definition) is 6. The SMILES string of the molecule is CC(C)(O[Si](O)(O)O)O[Si](O)(O)O. The van der Waals surface area contributed by atoms with Crippen LogP contribution >= 0.6 is 0 Å². The first-order chi connectivity index (χ1) is 5.41. The van der Waals surface area contributed by atoms with Gasteiger partial charge < -0.3 is 37.6 Å². The molecular formula is C3H12O8Si2. The fourth-order valence-electron chi connectivity index (χ4n) is 0.680. The second kappa shape index (κ2) is 3.70. The first-order valence-electron chi connectivity index (χ1n) is 3.16. The Labute approximate surface area is 76.2 Å². The van der Waals surface area contributed by atoms with E-state index >= 15 is 0 Å². The Balaban J connectivity index is 4.25. The van der Waals surface area contributed by atoms with Crippen molar-refractivity contribution >= 4 is 18.1 Å². The van der Waals surface area contributed by atoms with E-state index in [-0.39, 0.29) is 0 Å². The zero-order chi connectivity index (χ0) is 10.9. The third-order valence-corrected chi connectivity index (χ3v) is 2.30. The van der Waals surface area contributed by atoms with E-state index in [1.807, 2.05) is 0 Å². The molecule has 0 aromatic heterocycles. The predicted molar refractivity (Wildman–Crippen MR) is 41.1 cm³/mol. The molecule has 0 aliphatic heterocycles. The maximum absolute atomic E-state index is 8.47. The monoisotopic (exact) mass is 232 g/mol. The molecule has 0 unspecified atom stereocenters. The fraction of sp³-hybridized carbons (Fsp3) is 1.00. The molecule has 6 N–H and O–H groups in total. The van der Waals surface area contributed by atoms with Gasteiger partial charge in [-0.05, 0) is 13.8 Å². The van der Waals surface area contributed by atoms with Crippen molar-refractivity contribution in [3.63, 3.8) is 0 Å². The van der Waals surface area contributed by atoms with Gasteiger partial charge in [0.25, 0.3) is 0 Å². The van der Waals surface area contributed by atoms with Crippen molar-refractivity contribution in [2.75, 3.05) is 0 Å². The van der Waals surface area contributed by atoms with Gasteiger partial charge in [-0.15, -0.1) is 0 Å². The van der Waals surface area contributed by atoms with E-state index in [1.54, 1.807) is 0 Å². The second-order valence-corrected chi connectivity index (χ2v) is 5.46. The van der Waals surface area contributed by atoms with E-state index in [0.717, 1.165) is 13.8 Å². The van der Waals surface area contributed by atoms with Gasteiger partial charge in [0.05, 0.1) is 0 Å². The van der Waals surface area contributed by atoms with Crippen molar-refractivity contribution in [2.24, 2.45) is 0 Å². The van der Waals surface area contributed by atoms with Crippen molar-refractivity contribution in [2.45, 2.75) is 19.6 Å². The van der Waals surface area contributed by atoms with E-state index in [2.05, 4.69) is 8.85 Å². The molecule has 0 aliphatic rings. The summed E-state index contributed by atoms with van der Waals surface area (Å²) < 4.78 is 8.28. The Morgan fingerprint density at radius 3 is 1.15 bits per heavy atom. The van der Waals surface area contributed by atoms with Crippen LogP contribution in [0.5, 0.6) is 0 Å². The minimum absolute atomic E-state index is 1.06. The highest BCUT2D eigenvalue weighted by atomic mass is 28.4. The molecule has 10 heteroatoms. The Morgan fingerprint density at radius 2 is 1.00 bits per heavy atom. The Morgan fingerprint density at radius 1 is 0.769 bits per heavy atom. The standard InChI is InChI=1S/C3H12O8Si2/c1-3(2,10-12(4,5)6)11-13(7,8)9/h4-9H,1-2H3. The van der Waals surface area contributed by atoms with Gasteiger partial charge in [0.15, 0.2) is 5.79 Å². The number of hydrogen-bond acceptors (Lipinski definition) is 8. The lowest BCUT2D eigenvalue weighted by atomic mass is 10.4. The molecule has 0 radical (unpaired) electrons. The average Bonchev–Trinajstić information content (AvgIpc) is 1.43. The van der Waals surface area contributed by atoms with E-state index in [4.69, 9.17) is 28.8 Å². The topological polar surface area (TPSA) is 140 Å². The molecule has 0 bridgehead atoms. The highest BCUT2D eigenvalue weighted by Crippen LogP contribution is 2.16. The van der Waals surface area contributed by atoms with Gasteiger partial charge in [0.1, 0.15) is 0 Å². The average molecular weight is 232 g/mol. The molecule has 0 spiro atoms. The minimum atomic E-state index is -4.83. The summed E-state index contributed by atoms with van der Waals surface area (Å²) in [7, 11) is -9.66. The largest absolute Gasteiger partial charge is 0.673 e. The van der Waals surface area contributed by atoms with Crippen LogP contribution in [0.15, 0.2) is 0 Å². The fourth-order valence-corrected chi connectivity index (χ4v) is 2.17. The summed E-state index contributed by atoms with van der Waals surface area (Å²) in [6.07, 6.45) is 0. The predicted octanol–water partition coefficient (Wildman–Crippen LogP) is -3.42. The van der Waals surface area contributed by atoms with Gasteiger partial charge in [0.2, 0.25) is 0 Å². The molecule has 80 valence electrons. The molecule has 0 rings (SSSR count). The van der Waals surface area contributed by atoms with Gasteiger partial charge in [-0.1, -0.05) is 0 Å². The summed E-state index contributed by atoms with van der Waals surface area (Å²) in [5, 5.41) is 0. The van der Waals surface area contributed by atoms with Crippen molar-refractivity contribution < 1.29 is 37.6 Å². The lowest BCUT2D eigenvalue weighted by Crippen LogP contribution is -2.54. The van der Waals surface area contributed by atoms with Crippen molar-refractivity contribution in [3.8, 4) is 0 Å². The van der Waals surface area contributed by atoms with Crippen LogP contribution in [0.3, 0.4) is 0 Å². The summed E-state index contributed by atoms with van der Waals surface area (Å²) >= 11 is 0. The molecule has 0 atom stereocenters. The van der Waals surface area contributed by atoms with Gasteiger partial charge >= 0.3 is 18.1 Å². The molecular weight excluding hydrogens is 220 g/mol. The summed E-state index contributed by atoms with van der Waals surface area (Å²) in [5.41, 5.74) is 0. The van der Waals surface area contributed by atoms with E-state index in [9.17, 15) is 0 Å². The van der Waals surface area contributed by atoms with Crippen LogP contribution in [-0.2, 0) is 8.85 Å². The molecule has 0 aliphatic carbocycles. The number of rotatable bonds is 4. The lowest BCUT2D eigenvalue weighted by Gasteiger charge is -2.30. The quantitative estimate of drug-likeness (QED) is 0.217. The van der Waals surface area contributed by atoms with Gasteiger partial charge in [0, 0.05) is 0 Å². The van der Waals surface area contributed by atoms with Gasteiger partial charge in [-0.2, -0.15) is 0 Å². The molecule has 0 aromatic rings. The zero-order valence-electron chi connectivity index (χ0n) is 7.00. The van der Waals surface area contributed by atoms with Crippen LogP contribution in [0.25, 0.3) is 0 Å². The van der Waals surface area contributed by atoms with Crippen LogP contribution in [0.2, 0.25) is 0 Å². The molecule has 0 fully saturated rings. The third kappa shape index (κ3) is 8.44. The van der Waals surface area contributed by atoms with Crippen molar-refractivity contribution in [3.05, 3.63) is 0 Å². The zero-order valence-corrected chi connectivity index (χ0v) is 9.00. The third-order valence-electron chi connectivity index (χ3n) is 0.765. The summed E-state index contributed by atoms with van der Waals surface area (Å²) in [6.45, 7) is 2.11. The van der Waals surface area contributed by atoms with Crippen LogP contribution in [0, 0.1) is 0 Å². The Bertz CT molecular complexity index is 149. The lowest BCUT2D eigenvalue weighted by molar-refractivity contribution is -0.176. The van der Waals surface area contributed by atoms with Crippen LogP contribution < -0.4 is 0 Å². The second-order valence-electron chi connectivity index (χ2n) is 2.75. The van der Waals surface area contributed by atoms with Crippen LogP contribution in [-0.4, -0.2) is 52.7 Å². The molecule has 0 amide bonds. The minimum Gasteiger partial charge on any atom is -0.368 e. The first-order valence-corrected chi connectivity index (χ1v) is 6.66. The normalized spacial score (nSPS) is 14.8. The maximum Gasteiger partial charge on any atom is 0.673 e. The maximum atomic E-state index is 8.47.